The first-order valence-electron chi connectivity index (χ1n) is 9.37. The number of ether oxygens (including phenoxy) is 1. The molecule has 1 N–H and O–H groups in total. The van der Waals surface area contributed by atoms with Crippen LogP contribution in [0.4, 0.5) is 5.69 Å². The molecule has 6 nitrogen and oxygen atoms in total. The third-order valence-electron chi connectivity index (χ3n) is 5.10. The van der Waals surface area contributed by atoms with Gasteiger partial charge in [-0.1, -0.05) is 13.0 Å². The SMILES string of the molecule is COc1ccc(C)cc1NC(=O)c1ccc(S(=O)(=O)N2CCC(C)CC2)cc1. The number of carbonyl (C=O) groups excluding carboxylic acids is 1. The first kappa shape index (κ1) is 20.4. The number of hydrogen-bond acceptors (Lipinski definition) is 4. The monoisotopic (exact) mass is 402 g/mol. The smallest absolute Gasteiger partial charge is 0.255 e. The Morgan fingerprint density at radius 1 is 1.11 bits per heavy atom. The number of sulfonamides is 1. The van der Waals surface area contributed by atoms with Crippen LogP contribution in [-0.2, 0) is 10.0 Å². The molecule has 2 aromatic carbocycles. The van der Waals surface area contributed by atoms with Crippen molar-refractivity contribution < 1.29 is 17.9 Å². The minimum Gasteiger partial charge on any atom is -0.495 e. The van der Waals surface area contributed by atoms with Gasteiger partial charge in [0, 0.05) is 18.7 Å². The average Bonchev–Trinajstić information content (AvgIpc) is 2.68. The molecule has 1 heterocycles. The summed E-state index contributed by atoms with van der Waals surface area (Å²) in [7, 11) is -1.98. The molecule has 0 unspecified atom stereocenters. The second kappa shape index (κ2) is 8.32. The molecule has 1 amide bonds. The van der Waals surface area contributed by atoms with Gasteiger partial charge in [-0.15, -0.1) is 0 Å². The summed E-state index contributed by atoms with van der Waals surface area (Å²) in [5.41, 5.74) is 1.95. The van der Waals surface area contributed by atoms with E-state index in [9.17, 15) is 13.2 Å². The molecule has 7 heteroatoms. The van der Waals surface area contributed by atoms with Crippen molar-refractivity contribution >= 4 is 21.6 Å². The molecule has 0 spiro atoms. The van der Waals surface area contributed by atoms with E-state index in [0.29, 0.717) is 36.0 Å². The number of hydrogen-bond donors (Lipinski definition) is 1. The first-order valence-corrected chi connectivity index (χ1v) is 10.8. The summed E-state index contributed by atoms with van der Waals surface area (Å²) in [5.74, 6) is 0.799. The Morgan fingerprint density at radius 2 is 1.75 bits per heavy atom. The van der Waals surface area contributed by atoms with Crippen molar-refractivity contribution in [3.05, 3.63) is 53.6 Å². The highest BCUT2D eigenvalue weighted by Gasteiger charge is 2.28. The minimum atomic E-state index is -3.52. The number of carbonyl (C=O) groups is 1. The van der Waals surface area contributed by atoms with Gasteiger partial charge in [-0.3, -0.25) is 4.79 Å². The average molecular weight is 403 g/mol. The zero-order chi connectivity index (χ0) is 20.3. The third kappa shape index (κ3) is 4.36. The van der Waals surface area contributed by atoms with Crippen LogP contribution in [0.3, 0.4) is 0 Å². The van der Waals surface area contributed by atoms with Crippen LogP contribution >= 0.6 is 0 Å². The van der Waals surface area contributed by atoms with Crippen LogP contribution in [-0.4, -0.2) is 38.8 Å². The lowest BCUT2D eigenvalue weighted by Crippen LogP contribution is -2.37. The zero-order valence-electron chi connectivity index (χ0n) is 16.4. The van der Waals surface area contributed by atoms with Gasteiger partial charge in [0.05, 0.1) is 17.7 Å². The maximum absolute atomic E-state index is 12.8. The lowest BCUT2D eigenvalue weighted by molar-refractivity contribution is 0.102. The van der Waals surface area contributed by atoms with Gasteiger partial charge in [0.1, 0.15) is 5.75 Å². The number of benzene rings is 2. The van der Waals surface area contributed by atoms with Gasteiger partial charge in [0.25, 0.3) is 5.91 Å². The fourth-order valence-corrected chi connectivity index (χ4v) is 4.74. The van der Waals surface area contributed by atoms with E-state index in [1.54, 1.807) is 13.2 Å². The van der Waals surface area contributed by atoms with E-state index in [1.165, 1.54) is 28.6 Å². The Bertz CT molecular complexity index is 947. The fourth-order valence-electron chi connectivity index (χ4n) is 3.27. The highest BCUT2D eigenvalue weighted by molar-refractivity contribution is 7.89. The number of nitrogens with one attached hydrogen (secondary N) is 1. The van der Waals surface area contributed by atoms with E-state index in [1.807, 2.05) is 19.1 Å². The Morgan fingerprint density at radius 3 is 2.36 bits per heavy atom. The standard InChI is InChI=1S/C21H26N2O4S/c1-15-10-12-23(13-11-15)28(25,26)18-7-5-17(6-8-18)21(24)22-19-14-16(2)4-9-20(19)27-3/h4-9,14-15H,10-13H2,1-3H3,(H,22,24). The van der Waals surface area contributed by atoms with Crippen molar-refractivity contribution in [2.75, 3.05) is 25.5 Å². The molecule has 0 radical (unpaired) electrons. The molecule has 0 aliphatic carbocycles. The number of piperidine rings is 1. The molecule has 2 aromatic rings. The van der Waals surface area contributed by atoms with Crippen molar-refractivity contribution in [3.63, 3.8) is 0 Å². The second-order valence-electron chi connectivity index (χ2n) is 7.27. The number of rotatable bonds is 5. The number of nitrogens with zero attached hydrogens (tertiary/aromatic N) is 1. The predicted octanol–water partition coefficient (Wildman–Crippen LogP) is 3.68. The van der Waals surface area contributed by atoms with Crippen LogP contribution in [0.1, 0.15) is 35.7 Å². The van der Waals surface area contributed by atoms with Gasteiger partial charge in [-0.05, 0) is 67.6 Å². The molecule has 28 heavy (non-hydrogen) atoms. The van der Waals surface area contributed by atoms with Gasteiger partial charge >= 0.3 is 0 Å². The van der Waals surface area contributed by atoms with E-state index in [2.05, 4.69) is 12.2 Å². The maximum atomic E-state index is 12.8. The Kier molecular flexibility index (Phi) is 6.05. The van der Waals surface area contributed by atoms with Crippen LogP contribution in [0.5, 0.6) is 5.75 Å². The quantitative estimate of drug-likeness (QED) is 0.828. The van der Waals surface area contributed by atoms with Crippen LogP contribution < -0.4 is 10.1 Å². The first-order chi connectivity index (χ1) is 13.3. The van der Waals surface area contributed by atoms with E-state index < -0.39 is 10.0 Å². The van der Waals surface area contributed by atoms with Crippen LogP contribution in [0, 0.1) is 12.8 Å². The highest BCUT2D eigenvalue weighted by atomic mass is 32.2. The van der Waals surface area contributed by atoms with E-state index in [0.717, 1.165) is 18.4 Å². The lowest BCUT2D eigenvalue weighted by atomic mass is 10.0. The molecule has 0 saturated carbocycles. The van der Waals surface area contributed by atoms with E-state index in [4.69, 9.17) is 4.74 Å². The van der Waals surface area contributed by atoms with Gasteiger partial charge < -0.3 is 10.1 Å². The minimum absolute atomic E-state index is 0.215. The number of aryl methyl sites for hydroxylation is 1. The molecule has 0 atom stereocenters. The zero-order valence-corrected chi connectivity index (χ0v) is 17.3. The largest absolute Gasteiger partial charge is 0.495 e. The van der Waals surface area contributed by atoms with Crippen molar-refractivity contribution in [1.82, 2.24) is 4.31 Å². The summed E-state index contributed by atoms with van der Waals surface area (Å²) in [6.07, 6.45) is 1.75. The maximum Gasteiger partial charge on any atom is 0.255 e. The Balaban J connectivity index is 1.75. The summed E-state index contributed by atoms with van der Waals surface area (Å²) in [6.45, 7) is 5.15. The Hall–Kier alpha value is -2.38. The summed E-state index contributed by atoms with van der Waals surface area (Å²) in [6, 6.07) is 11.6. The molecule has 1 aliphatic heterocycles. The predicted molar refractivity (Wildman–Crippen MR) is 109 cm³/mol. The molecule has 0 bridgehead atoms. The second-order valence-corrected chi connectivity index (χ2v) is 9.21. The van der Waals surface area contributed by atoms with Gasteiger partial charge in [-0.2, -0.15) is 4.31 Å². The van der Waals surface area contributed by atoms with Crippen molar-refractivity contribution in [2.24, 2.45) is 5.92 Å². The number of anilines is 1. The number of methoxy groups -OCH3 is 1. The van der Waals surface area contributed by atoms with Crippen molar-refractivity contribution in [3.8, 4) is 5.75 Å². The van der Waals surface area contributed by atoms with Gasteiger partial charge in [0.2, 0.25) is 10.0 Å². The highest BCUT2D eigenvalue weighted by Crippen LogP contribution is 2.27. The molecule has 1 saturated heterocycles. The summed E-state index contributed by atoms with van der Waals surface area (Å²) in [4.78, 5) is 12.8. The third-order valence-corrected chi connectivity index (χ3v) is 7.01. The van der Waals surface area contributed by atoms with Gasteiger partial charge in [-0.25, -0.2) is 8.42 Å². The lowest BCUT2D eigenvalue weighted by Gasteiger charge is -2.29. The molecular weight excluding hydrogens is 376 g/mol. The van der Waals surface area contributed by atoms with Crippen LogP contribution in [0.15, 0.2) is 47.4 Å². The van der Waals surface area contributed by atoms with Gasteiger partial charge in [0.15, 0.2) is 0 Å². The van der Waals surface area contributed by atoms with Crippen LogP contribution in [0.2, 0.25) is 0 Å². The van der Waals surface area contributed by atoms with Crippen molar-refractivity contribution in [1.29, 1.82) is 0 Å². The number of amides is 1. The summed E-state index contributed by atoms with van der Waals surface area (Å²) < 4.78 is 32.4. The van der Waals surface area contributed by atoms with E-state index in [-0.39, 0.29) is 10.8 Å². The molecule has 1 aliphatic rings. The van der Waals surface area contributed by atoms with E-state index >= 15 is 0 Å². The summed E-state index contributed by atoms with van der Waals surface area (Å²) >= 11 is 0. The van der Waals surface area contributed by atoms with Crippen LogP contribution in [0.25, 0.3) is 0 Å². The molecule has 1 fully saturated rings. The molecule has 150 valence electrons. The fraction of sp³-hybridized carbons (Fsp3) is 0.381. The molecular formula is C21H26N2O4S. The molecule has 3 rings (SSSR count). The normalized spacial score (nSPS) is 16.0. The summed E-state index contributed by atoms with van der Waals surface area (Å²) in [5, 5.41) is 2.82. The Labute approximate surface area is 166 Å². The van der Waals surface area contributed by atoms with Crippen molar-refractivity contribution in [2.45, 2.75) is 31.6 Å². The molecule has 0 aromatic heterocycles. The topological polar surface area (TPSA) is 75.7 Å².